The number of aryl methyl sites for hydroxylation is 1. The summed E-state index contributed by atoms with van der Waals surface area (Å²) >= 11 is 6.10. The molecule has 14 heteroatoms. The Morgan fingerprint density at radius 3 is 2.52 bits per heavy atom. The van der Waals surface area contributed by atoms with E-state index in [4.69, 9.17) is 16.3 Å². The largest absolute Gasteiger partial charge is 0.468 e. The van der Waals surface area contributed by atoms with Crippen LogP contribution in [0, 0.1) is 6.92 Å². The van der Waals surface area contributed by atoms with Crippen molar-refractivity contribution >= 4 is 17.5 Å². The van der Waals surface area contributed by atoms with Crippen molar-refractivity contribution in [1.82, 2.24) is 20.4 Å². The van der Waals surface area contributed by atoms with Crippen molar-refractivity contribution < 1.29 is 40.4 Å². The summed E-state index contributed by atoms with van der Waals surface area (Å²) in [6.07, 6.45) is -8.49. The van der Waals surface area contributed by atoms with E-state index in [9.17, 15) is 31.1 Å². The van der Waals surface area contributed by atoms with Crippen LogP contribution in [0.5, 0.6) is 5.88 Å². The van der Waals surface area contributed by atoms with Gasteiger partial charge in [0.05, 0.1) is 12.1 Å². The second-order valence-electron chi connectivity index (χ2n) is 6.64. The van der Waals surface area contributed by atoms with Crippen LogP contribution < -0.4 is 10.1 Å². The first-order valence-electron chi connectivity index (χ1n) is 8.97. The Morgan fingerprint density at radius 2 is 1.91 bits per heavy atom. The van der Waals surface area contributed by atoms with Crippen molar-refractivity contribution in [3.05, 3.63) is 58.3 Å². The standard InChI is InChI=1S/C19H13ClF6N4O3/c1-9-2-3-10(5-13(9)20)12-4-11(6-28-16(12)32-8-18(21,22)23)15(31)27-7-14-29-17(30-33-14)19(24,25)26/h2-6H,7-8H2,1H3,(H,27,31). The zero-order valence-corrected chi connectivity index (χ0v) is 17.3. The Bertz CT molecular complexity index is 1160. The van der Waals surface area contributed by atoms with Crippen LogP contribution in [0.25, 0.3) is 11.1 Å². The van der Waals surface area contributed by atoms with Crippen LogP contribution >= 0.6 is 11.6 Å². The van der Waals surface area contributed by atoms with Crippen molar-refractivity contribution in [3.63, 3.8) is 0 Å². The number of amides is 1. The highest BCUT2D eigenvalue weighted by Crippen LogP contribution is 2.33. The Morgan fingerprint density at radius 1 is 1.18 bits per heavy atom. The number of rotatable bonds is 6. The smallest absolute Gasteiger partial charge is 0.455 e. The van der Waals surface area contributed by atoms with Gasteiger partial charge >= 0.3 is 12.4 Å². The van der Waals surface area contributed by atoms with Gasteiger partial charge in [-0.1, -0.05) is 28.9 Å². The lowest BCUT2D eigenvalue weighted by Crippen LogP contribution is -2.24. The minimum atomic E-state index is -4.81. The molecule has 2 aromatic heterocycles. The molecule has 0 aliphatic heterocycles. The lowest BCUT2D eigenvalue weighted by molar-refractivity contribution is -0.154. The Labute approximate surface area is 186 Å². The Kier molecular flexibility index (Phi) is 6.81. The zero-order chi connectivity index (χ0) is 24.4. The van der Waals surface area contributed by atoms with Crippen molar-refractivity contribution in [1.29, 1.82) is 0 Å². The minimum absolute atomic E-state index is 0.0472. The number of aromatic nitrogens is 3. The summed E-state index contributed by atoms with van der Waals surface area (Å²) in [5.41, 5.74) is 0.969. The van der Waals surface area contributed by atoms with E-state index in [-0.39, 0.29) is 11.1 Å². The van der Waals surface area contributed by atoms with E-state index in [0.717, 1.165) is 6.20 Å². The first-order valence-corrected chi connectivity index (χ1v) is 9.35. The van der Waals surface area contributed by atoms with Crippen LogP contribution in [-0.2, 0) is 12.7 Å². The van der Waals surface area contributed by atoms with Crippen molar-refractivity contribution in [2.24, 2.45) is 0 Å². The summed E-state index contributed by atoms with van der Waals surface area (Å²) in [5.74, 6) is -3.20. The van der Waals surface area contributed by atoms with Crippen LogP contribution in [0.2, 0.25) is 5.02 Å². The molecule has 0 bridgehead atoms. The molecular weight excluding hydrogens is 482 g/mol. The van der Waals surface area contributed by atoms with Gasteiger partial charge in [-0.2, -0.15) is 31.3 Å². The van der Waals surface area contributed by atoms with E-state index in [1.54, 1.807) is 19.1 Å². The third-order valence-corrected chi connectivity index (χ3v) is 4.50. The van der Waals surface area contributed by atoms with Crippen LogP contribution in [0.3, 0.4) is 0 Å². The van der Waals surface area contributed by atoms with Gasteiger partial charge in [0.15, 0.2) is 6.61 Å². The molecule has 0 saturated heterocycles. The molecule has 33 heavy (non-hydrogen) atoms. The number of carbonyl (C=O) groups excluding carboxylic acids is 1. The third kappa shape index (κ3) is 6.34. The second-order valence-corrected chi connectivity index (χ2v) is 7.04. The molecule has 0 fully saturated rings. The number of ether oxygens (including phenoxy) is 1. The molecule has 1 N–H and O–H groups in total. The van der Waals surface area contributed by atoms with Gasteiger partial charge in [0.1, 0.15) is 0 Å². The van der Waals surface area contributed by atoms with Gasteiger partial charge in [0, 0.05) is 16.8 Å². The van der Waals surface area contributed by atoms with Gasteiger partial charge in [0.25, 0.3) is 11.7 Å². The number of benzene rings is 1. The van der Waals surface area contributed by atoms with Crippen molar-refractivity contribution in [3.8, 4) is 17.0 Å². The number of halogens is 7. The SMILES string of the molecule is Cc1ccc(-c2cc(C(=O)NCc3nc(C(F)(F)F)no3)cnc2OCC(F)(F)F)cc1Cl. The quantitative estimate of drug-likeness (QED) is 0.486. The number of hydrogen-bond acceptors (Lipinski definition) is 6. The Hall–Kier alpha value is -3.35. The molecule has 1 aromatic carbocycles. The van der Waals surface area contributed by atoms with Gasteiger partial charge in [-0.25, -0.2) is 4.98 Å². The van der Waals surface area contributed by atoms with E-state index >= 15 is 0 Å². The van der Waals surface area contributed by atoms with E-state index in [2.05, 4.69) is 25.0 Å². The second kappa shape index (κ2) is 9.25. The van der Waals surface area contributed by atoms with Crippen LogP contribution in [-0.4, -0.2) is 33.8 Å². The molecule has 0 unspecified atom stereocenters. The fraction of sp³-hybridized carbons (Fsp3) is 0.263. The summed E-state index contributed by atoms with van der Waals surface area (Å²) < 4.78 is 84.6. The first-order chi connectivity index (χ1) is 15.3. The molecule has 3 aromatic rings. The third-order valence-electron chi connectivity index (χ3n) is 4.09. The maximum Gasteiger partial charge on any atom is 0.455 e. The lowest BCUT2D eigenvalue weighted by atomic mass is 10.0. The highest BCUT2D eigenvalue weighted by atomic mass is 35.5. The predicted octanol–water partition coefficient (Wildman–Crippen LogP) is 4.98. The van der Waals surface area contributed by atoms with Crippen molar-refractivity contribution in [2.75, 3.05) is 6.61 Å². The average molecular weight is 495 g/mol. The summed E-state index contributed by atoms with van der Waals surface area (Å²) in [4.78, 5) is 19.4. The highest BCUT2D eigenvalue weighted by molar-refractivity contribution is 6.31. The fourth-order valence-electron chi connectivity index (χ4n) is 2.51. The van der Waals surface area contributed by atoms with Gasteiger partial charge in [-0.05, 0) is 30.2 Å². The zero-order valence-electron chi connectivity index (χ0n) is 16.5. The van der Waals surface area contributed by atoms with E-state index in [0.29, 0.717) is 16.1 Å². The van der Waals surface area contributed by atoms with Gasteiger partial charge in [-0.3, -0.25) is 4.79 Å². The molecule has 0 atom stereocenters. The molecule has 2 heterocycles. The number of alkyl halides is 6. The summed E-state index contributed by atoms with van der Waals surface area (Å²) in [7, 11) is 0. The molecule has 176 valence electrons. The number of pyridine rings is 1. The molecule has 0 aliphatic rings. The van der Waals surface area contributed by atoms with Gasteiger partial charge in [-0.15, -0.1) is 0 Å². The molecule has 0 saturated carbocycles. The molecule has 0 radical (unpaired) electrons. The van der Waals surface area contributed by atoms with E-state index in [1.165, 1.54) is 12.1 Å². The van der Waals surface area contributed by atoms with Crippen LogP contribution in [0.15, 0.2) is 35.0 Å². The van der Waals surface area contributed by atoms with E-state index in [1.807, 2.05) is 0 Å². The molecule has 0 aliphatic carbocycles. The normalized spacial score (nSPS) is 12.0. The minimum Gasteiger partial charge on any atom is -0.468 e. The maximum atomic E-state index is 12.6. The van der Waals surface area contributed by atoms with Crippen LogP contribution in [0.4, 0.5) is 26.3 Å². The number of hydrogen-bond donors (Lipinski definition) is 1. The number of nitrogens with zero attached hydrogens (tertiary/aromatic N) is 3. The molecular formula is C19H13ClF6N4O3. The van der Waals surface area contributed by atoms with Gasteiger partial charge in [0.2, 0.25) is 11.8 Å². The summed E-state index contributed by atoms with van der Waals surface area (Å²) in [6, 6.07) is 5.85. The topological polar surface area (TPSA) is 90.1 Å². The van der Waals surface area contributed by atoms with Crippen LogP contribution in [0.1, 0.15) is 27.6 Å². The molecule has 0 spiro atoms. The first kappa shape index (κ1) is 24.3. The summed E-state index contributed by atoms with van der Waals surface area (Å²) in [5, 5.41) is 5.35. The highest BCUT2D eigenvalue weighted by Gasteiger charge is 2.37. The van der Waals surface area contributed by atoms with Gasteiger partial charge < -0.3 is 14.6 Å². The summed E-state index contributed by atoms with van der Waals surface area (Å²) in [6.45, 7) is -0.423. The van der Waals surface area contributed by atoms with Crippen molar-refractivity contribution in [2.45, 2.75) is 25.8 Å². The molecule has 7 nitrogen and oxygen atoms in total. The predicted molar refractivity (Wildman–Crippen MR) is 101 cm³/mol. The fourth-order valence-corrected chi connectivity index (χ4v) is 2.69. The lowest BCUT2D eigenvalue weighted by Gasteiger charge is -2.14. The Balaban J connectivity index is 1.85. The molecule has 3 rings (SSSR count). The number of carbonyl (C=O) groups is 1. The number of nitrogens with one attached hydrogen (secondary N) is 1. The molecule has 1 amide bonds. The average Bonchev–Trinajstić information content (AvgIpc) is 3.21. The maximum absolute atomic E-state index is 12.6. The monoisotopic (exact) mass is 494 g/mol. The van der Waals surface area contributed by atoms with E-state index < -0.39 is 49.0 Å².